The van der Waals surface area contributed by atoms with Crippen LogP contribution in [0.3, 0.4) is 0 Å². The first kappa shape index (κ1) is 15.7. The molecule has 2 N–H and O–H groups in total. The maximum absolute atomic E-state index is 12.2. The zero-order valence-corrected chi connectivity index (χ0v) is 12.6. The van der Waals surface area contributed by atoms with Gasteiger partial charge >= 0.3 is 0 Å². The number of rotatable bonds is 6. The molecule has 0 bridgehead atoms. The topological polar surface area (TPSA) is 52.3 Å². The zero-order valence-electron chi connectivity index (χ0n) is 12.6. The fourth-order valence-corrected chi connectivity index (χ4v) is 2.12. The maximum atomic E-state index is 12.2. The molecule has 0 aliphatic rings. The van der Waals surface area contributed by atoms with Crippen LogP contribution in [0.25, 0.3) is 0 Å². The second-order valence-corrected chi connectivity index (χ2v) is 5.50. The molecule has 3 heteroatoms. The molecule has 0 saturated carbocycles. The SMILES string of the molecule is COc1cc(C)c(C(=O)CCC(C)N)cc1C(C)C. The summed E-state index contributed by atoms with van der Waals surface area (Å²) in [6, 6.07) is 3.99. The van der Waals surface area contributed by atoms with Crippen LogP contribution in [0.5, 0.6) is 5.75 Å². The van der Waals surface area contributed by atoms with E-state index in [4.69, 9.17) is 10.5 Å². The van der Waals surface area contributed by atoms with Crippen molar-refractivity contribution in [3.8, 4) is 5.75 Å². The number of carbonyl (C=O) groups is 1. The van der Waals surface area contributed by atoms with Crippen LogP contribution >= 0.6 is 0 Å². The monoisotopic (exact) mass is 263 g/mol. The highest BCUT2D eigenvalue weighted by Gasteiger charge is 2.16. The summed E-state index contributed by atoms with van der Waals surface area (Å²) in [5.41, 5.74) is 8.55. The minimum atomic E-state index is 0.0621. The van der Waals surface area contributed by atoms with E-state index in [0.717, 1.165) is 28.9 Å². The predicted octanol–water partition coefficient (Wildman–Crippen LogP) is 3.44. The summed E-state index contributed by atoms with van der Waals surface area (Å²) in [6.07, 6.45) is 1.23. The molecule has 0 amide bonds. The van der Waals surface area contributed by atoms with Gasteiger partial charge in [-0.25, -0.2) is 0 Å². The van der Waals surface area contributed by atoms with E-state index < -0.39 is 0 Å². The van der Waals surface area contributed by atoms with Gasteiger partial charge < -0.3 is 10.5 Å². The predicted molar refractivity (Wildman–Crippen MR) is 79.0 cm³/mol. The van der Waals surface area contributed by atoms with Crippen molar-refractivity contribution in [2.75, 3.05) is 7.11 Å². The van der Waals surface area contributed by atoms with E-state index in [0.29, 0.717) is 12.3 Å². The average Bonchev–Trinajstić information content (AvgIpc) is 2.34. The van der Waals surface area contributed by atoms with Crippen molar-refractivity contribution in [1.29, 1.82) is 0 Å². The highest BCUT2D eigenvalue weighted by molar-refractivity contribution is 5.97. The molecule has 0 radical (unpaired) electrons. The molecule has 1 atom stereocenters. The summed E-state index contributed by atoms with van der Waals surface area (Å²) in [5, 5.41) is 0. The quantitative estimate of drug-likeness (QED) is 0.800. The number of aryl methyl sites for hydroxylation is 1. The number of methoxy groups -OCH3 is 1. The first-order chi connectivity index (χ1) is 8.86. The summed E-state index contributed by atoms with van der Waals surface area (Å²) in [7, 11) is 1.66. The first-order valence-corrected chi connectivity index (χ1v) is 6.84. The lowest BCUT2D eigenvalue weighted by Crippen LogP contribution is -2.16. The van der Waals surface area contributed by atoms with Gasteiger partial charge in [0.05, 0.1) is 7.11 Å². The third-order valence-corrected chi connectivity index (χ3v) is 3.33. The lowest BCUT2D eigenvalue weighted by molar-refractivity contribution is 0.0977. The molecule has 0 heterocycles. The van der Waals surface area contributed by atoms with Gasteiger partial charge in [0.1, 0.15) is 5.75 Å². The molecule has 0 aliphatic heterocycles. The van der Waals surface area contributed by atoms with Gasteiger partial charge in [0.15, 0.2) is 5.78 Å². The molecule has 0 saturated heterocycles. The fraction of sp³-hybridized carbons (Fsp3) is 0.562. The molecule has 0 aliphatic carbocycles. The van der Waals surface area contributed by atoms with Crippen molar-refractivity contribution in [1.82, 2.24) is 0 Å². The largest absolute Gasteiger partial charge is 0.496 e. The Hall–Kier alpha value is -1.35. The van der Waals surface area contributed by atoms with Crippen molar-refractivity contribution in [2.24, 2.45) is 5.73 Å². The molecule has 1 aromatic carbocycles. The maximum Gasteiger partial charge on any atom is 0.163 e. The Morgan fingerprint density at radius 2 is 1.95 bits per heavy atom. The highest BCUT2D eigenvalue weighted by Crippen LogP contribution is 2.30. The minimum absolute atomic E-state index is 0.0621. The fourth-order valence-electron chi connectivity index (χ4n) is 2.12. The van der Waals surface area contributed by atoms with Crippen molar-refractivity contribution in [3.05, 3.63) is 28.8 Å². The number of Topliss-reactive ketones (excluding diaryl/α,β-unsaturated/α-hetero) is 1. The number of hydrogen-bond donors (Lipinski definition) is 1. The van der Waals surface area contributed by atoms with E-state index in [1.54, 1.807) is 7.11 Å². The van der Waals surface area contributed by atoms with E-state index in [-0.39, 0.29) is 11.8 Å². The molecule has 1 rings (SSSR count). The Labute approximate surface area is 116 Å². The normalized spacial score (nSPS) is 12.6. The third-order valence-electron chi connectivity index (χ3n) is 3.33. The van der Waals surface area contributed by atoms with Gasteiger partial charge in [-0.3, -0.25) is 4.79 Å². The van der Waals surface area contributed by atoms with Gasteiger partial charge in [-0.2, -0.15) is 0 Å². The van der Waals surface area contributed by atoms with Gasteiger partial charge in [-0.05, 0) is 49.4 Å². The summed E-state index contributed by atoms with van der Waals surface area (Å²) < 4.78 is 5.39. The number of nitrogens with two attached hydrogens (primary N) is 1. The smallest absolute Gasteiger partial charge is 0.163 e. The van der Waals surface area contributed by atoms with E-state index in [1.165, 1.54) is 0 Å². The summed E-state index contributed by atoms with van der Waals surface area (Å²) in [6.45, 7) is 8.08. The van der Waals surface area contributed by atoms with Crippen molar-refractivity contribution < 1.29 is 9.53 Å². The molecule has 3 nitrogen and oxygen atoms in total. The van der Waals surface area contributed by atoms with E-state index in [9.17, 15) is 4.79 Å². The van der Waals surface area contributed by atoms with Crippen LogP contribution in [-0.4, -0.2) is 18.9 Å². The van der Waals surface area contributed by atoms with Crippen LogP contribution in [0.4, 0.5) is 0 Å². The van der Waals surface area contributed by atoms with Gasteiger partial charge in [0.25, 0.3) is 0 Å². The molecule has 106 valence electrons. The number of benzene rings is 1. The molecule has 1 unspecified atom stereocenters. The van der Waals surface area contributed by atoms with Crippen LogP contribution in [0, 0.1) is 6.92 Å². The summed E-state index contributed by atoms with van der Waals surface area (Å²) in [5.74, 6) is 1.35. The molecule has 0 fully saturated rings. The zero-order chi connectivity index (χ0) is 14.6. The van der Waals surface area contributed by atoms with Crippen LogP contribution in [0.15, 0.2) is 12.1 Å². The van der Waals surface area contributed by atoms with E-state index in [2.05, 4.69) is 13.8 Å². The molecular formula is C16H25NO2. The number of hydrogen-bond acceptors (Lipinski definition) is 3. The first-order valence-electron chi connectivity index (χ1n) is 6.84. The van der Waals surface area contributed by atoms with Crippen LogP contribution < -0.4 is 10.5 Å². The Bertz CT molecular complexity index is 450. The number of ether oxygens (including phenoxy) is 1. The van der Waals surface area contributed by atoms with Gasteiger partial charge in [0, 0.05) is 18.0 Å². The van der Waals surface area contributed by atoms with Gasteiger partial charge in [0.2, 0.25) is 0 Å². The Kier molecular flexibility index (Phi) is 5.55. The van der Waals surface area contributed by atoms with Gasteiger partial charge in [-0.1, -0.05) is 13.8 Å². The Morgan fingerprint density at radius 1 is 1.32 bits per heavy atom. The molecular weight excluding hydrogens is 238 g/mol. The minimum Gasteiger partial charge on any atom is -0.496 e. The highest BCUT2D eigenvalue weighted by atomic mass is 16.5. The second-order valence-electron chi connectivity index (χ2n) is 5.50. The second kappa shape index (κ2) is 6.71. The Morgan fingerprint density at radius 3 is 2.42 bits per heavy atom. The van der Waals surface area contributed by atoms with E-state index in [1.807, 2.05) is 26.0 Å². The van der Waals surface area contributed by atoms with Gasteiger partial charge in [-0.15, -0.1) is 0 Å². The lowest BCUT2D eigenvalue weighted by Gasteiger charge is -2.16. The van der Waals surface area contributed by atoms with Crippen molar-refractivity contribution in [2.45, 2.75) is 52.5 Å². The molecule has 19 heavy (non-hydrogen) atoms. The van der Waals surface area contributed by atoms with Crippen LogP contribution in [-0.2, 0) is 0 Å². The lowest BCUT2D eigenvalue weighted by atomic mass is 9.93. The average molecular weight is 263 g/mol. The number of ketones is 1. The van der Waals surface area contributed by atoms with Crippen molar-refractivity contribution >= 4 is 5.78 Å². The molecule has 1 aromatic rings. The Balaban J connectivity index is 3.07. The number of carbonyl (C=O) groups excluding carboxylic acids is 1. The van der Waals surface area contributed by atoms with E-state index >= 15 is 0 Å². The van der Waals surface area contributed by atoms with Crippen LogP contribution in [0.2, 0.25) is 0 Å². The molecule has 0 aromatic heterocycles. The standard InChI is InChI=1S/C16H25NO2/c1-10(2)13-9-14(11(3)8-16(13)19-5)15(18)7-6-12(4)17/h8-10,12H,6-7,17H2,1-5H3. The molecule has 0 spiro atoms. The third kappa shape index (κ3) is 4.06. The van der Waals surface area contributed by atoms with Crippen molar-refractivity contribution in [3.63, 3.8) is 0 Å². The summed E-state index contributed by atoms with van der Waals surface area (Å²) in [4.78, 5) is 12.2. The van der Waals surface area contributed by atoms with Crippen LogP contribution in [0.1, 0.15) is 61.0 Å². The summed E-state index contributed by atoms with van der Waals surface area (Å²) >= 11 is 0.